The molecule has 1 amide bonds. The number of carbonyl (C=O) groups is 1. The molecule has 2 aromatic heterocycles. The lowest BCUT2D eigenvalue weighted by molar-refractivity contribution is 0.0428. The van der Waals surface area contributed by atoms with E-state index >= 15 is 0 Å². The lowest BCUT2D eigenvalue weighted by Crippen LogP contribution is -2.42. The highest BCUT2D eigenvalue weighted by Gasteiger charge is 2.26. The number of amides is 1. The molecule has 0 bridgehead atoms. The van der Waals surface area contributed by atoms with Crippen molar-refractivity contribution in [3.63, 3.8) is 0 Å². The second-order valence-corrected chi connectivity index (χ2v) is 6.04. The normalized spacial score (nSPS) is 13.9. The van der Waals surface area contributed by atoms with E-state index in [1.54, 1.807) is 31.2 Å². The maximum atomic E-state index is 11.8. The van der Waals surface area contributed by atoms with E-state index < -0.39 is 5.60 Å². The highest BCUT2D eigenvalue weighted by Crippen LogP contribution is 2.22. The van der Waals surface area contributed by atoms with Gasteiger partial charge in [-0.3, -0.25) is 4.79 Å². The van der Waals surface area contributed by atoms with Crippen LogP contribution in [-0.2, 0) is 5.60 Å². The van der Waals surface area contributed by atoms with Crippen LogP contribution >= 0.6 is 0 Å². The van der Waals surface area contributed by atoms with Crippen LogP contribution in [0.3, 0.4) is 0 Å². The van der Waals surface area contributed by atoms with Gasteiger partial charge in [0.05, 0.1) is 12.8 Å². The van der Waals surface area contributed by atoms with Crippen molar-refractivity contribution >= 4 is 11.9 Å². The Bertz CT molecular complexity index is 719. The minimum absolute atomic E-state index is 0.133. The van der Waals surface area contributed by atoms with Gasteiger partial charge in [0.1, 0.15) is 17.1 Å². The molecule has 0 aliphatic carbocycles. The lowest BCUT2D eigenvalue weighted by Gasteiger charge is -2.19. The summed E-state index contributed by atoms with van der Waals surface area (Å²) >= 11 is 0. The summed E-state index contributed by atoms with van der Waals surface area (Å²) in [7, 11) is 0. The molecule has 0 radical (unpaired) electrons. The van der Waals surface area contributed by atoms with Gasteiger partial charge >= 0.3 is 0 Å². The Morgan fingerprint density at radius 1 is 1.23 bits per heavy atom. The molecule has 26 heavy (non-hydrogen) atoms. The molecule has 0 aliphatic rings. The standard InChI is InChI=1S/C18H26N4O4/c1-4-19-17(21-10-9-20-16(23)14-6-5-11-25-14)22-12-18(3,24)15-8-7-13(2)26-15/h5-8,11,24H,4,9-10,12H2,1-3H3,(H,20,23)(H2,19,21,22). The Morgan fingerprint density at radius 3 is 2.62 bits per heavy atom. The van der Waals surface area contributed by atoms with E-state index in [4.69, 9.17) is 8.83 Å². The molecule has 2 aromatic rings. The number of furan rings is 2. The predicted octanol–water partition coefficient (Wildman–Crippen LogP) is 1.37. The third-order valence-electron chi connectivity index (χ3n) is 3.61. The quantitative estimate of drug-likeness (QED) is 0.321. The maximum Gasteiger partial charge on any atom is 0.287 e. The van der Waals surface area contributed by atoms with E-state index in [0.717, 1.165) is 5.76 Å². The van der Waals surface area contributed by atoms with Crippen molar-refractivity contribution in [3.8, 4) is 0 Å². The van der Waals surface area contributed by atoms with Crippen molar-refractivity contribution in [1.29, 1.82) is 0 Å². The van der Waals surface area contributed by atoms with Gasteiger partial charge in [0.25, 0.3) is 5.91 Å². The number of hydrogen-bond acceptors (Lipinski definition) is 5. The topological polar surface area (TPSA) is 112 Å². The van der Waals surface area contributed by atoms with Crippen LogP contribution in [0.4, 0.5) is 0 Å². The summed E-state index contributed by atoms with van der Waals surface area (Å²) in [5.74, 6) is 1.76. The first-order chi connectivity index (χ1) is 12.4. The predicted molar refractivity (Wildman–Crippen MR) is 98.0 cm³/mol. The van der Waals surface area contributed by atoms with E-state index in [1.807, 2.05) is 13.8 Å². The van der Waals surface area contributed by atoms with Crippen molar-refractivity contribution in [3.05, 3.63) is 47.8 Å². The summed E-state index contributed by atoms with van der Waals surface area (Å²) < 4.78 is 10.5. The van der Waals surface area contributed by atoms with Gasteiger partial charge in [0, 0.05) is 19.6 Å². The molecule has 0 aromatic carbocycles. The van der Waals surface area contributed by atoms with E-state index in [2.05, 4.69) is 20.9 Å². The molecule has 0 fully saturated rings. The smallest absolute Gasteiger partial charge is 0.287 e. The van der Waals surface area contributed by atoms with Gasteiger partial charge in [0.15, 0.2) is 11.7 Å². The first-order valence-electron chi connectivity index (χ1n) is 8.55. The molecule has 8 nitrogen and oxygen atoms in total. The van der Waals surface area contributed by atoms with Crippen LogP contribution < -0.4 is 16.0 Å². The average Bonchev–Trinajstić information content (AvgIpc) is 3.28. The third-order valence-corrected chi connectivity index (χ3v) is 3.61. The zero-order valence-electron chi connectivity index (χ0n) is 15.3. The van der Waals surface area contributed by atoms with E-state index in [-0.39, 0.29) is 18.2 Å². The van der Waals surface area contributed by atoms with Crippen molar-refractivity contribution in [2.45, 2.75) is 26.4 Å². The molecule has 0 saturated carbocycles. The van der Waals surface area contributed by atoms with Crippen molar-refractivity contribution in [2.24, 2.45) is 4.99 Å². The molecule has 2 heterocycles. The number of hydrogen-bond donors (Lipinski definition) is 4. The average molecular weight is 362 g/mol. The van der Waals surface area contributed by atoms with Crippen LogP contribution in [-0.4, -0.2) is 43.2 Å². The summed E-state index contributed by atoms with van der Waals surface area (Å²) in [6, 6.07) is 6.82. The Labute approximate surface area is 152 Å². The van der Waals surface area contributed by atoms with Crippen molar-refractivity contribution < 1.29 is 18.7 Å². The van der Waals surface area contributed by atoms with Gasteiger partial charge in [-0.15, -0.1) is 0 Å². The van der Waals surface area contributed by atoms with Crippen molar-refractivity contribution in [2.75, 3.05) is 26.2 Å². The Kier molecular flexibility index (Phi) is 6.85. The van der Waals surface area contributed by atoms with Crippen LogP contribution in [0, 0.1) is 6.92 Å². The molecule has 142 valence electrons. The minimum Gasteiger partial charge on any atom is -0.463 e. The fraction of sp³-hybridized carbons (Fsp3) is 0.444. The zero-order chi connectivity index (χ0) is 19.0. The fourth-order valence-electron chi connectivity index (χ4n) is 2.23. The third kappa shape index (κ3) is 5.66. The number of rotatable bonds is 8. The molecular weight excluding hydrogens is 336 g/mol. The molecule has 4 N–H and O–H groups in total. The number of nitrogens with zero attached hydrogens (tertiary/aromatic N) is 1. The molecule has 0 saturated heterocycles. The largest absolute Gasteiger partial charge is 0.463 e. The number of guanidine groups is 1. The summed E-state index contributed by atoms with van der Waals surface area (Å²) in [5, 5.41) is 19.5. The second-order valence-electron chi connectivity index (χ2n) is 6.04. The van der Waals surface area contributed by atoms with Crippen molar-refractivity contribution in [1.82, 2.24) is 16.0 Å². The van der Waals surface area contributed by atoms with Gasteiger partial charge in [-0.1, -0.05) is 0 Å². The van der Waals surface area contributed by atoms with Crippen LogP contribution in [0.1, 0.15) is 35.9 Å². The summed E-state index contributed by atoms with van der Waals surface area (Å²) in [6.07, 6.45) is 1.45. The number of aliphatic hydroxyl groups is 1. The molecule has 0 aliphatic heterocycles. The van der Waals surface area contributed by atoms with Crippen LogP contribution in [0.15, 0.2) is 44.4 Å². The van der Waals surface area contributed by atoms with E-state index in [0.29, 0.717) is 31.4 Å². The van der Waals surface area contributed by atoms with Gasteiger partial charge in [-0.25, -0.2) is 4.99 Å². The molecule has 1 atom stereocenters. The fourth-order valence-corrected chi connectivity index (χ4v) is 2.23. The number of aliphatic imine (C=N–C) groups is 1. The summed E-state index contributed by atoms with van der Waals surface area (Å²) in [4.78, 5) is 16.2. The highest BCUT2D eigenvalue weighted by molar-refractivity contribution is 5.91. The summed E-state index contributed by atoms with van der Waals surface area (Å²) in [6.45, 7) is 7.11. The zero-order valence-corrected chi connectivity index (χ0v) is 15.3. The first kappa shape index (κ1) is 19.6. The lowest BCUT2D eigenvalue weighted by atomic mass is 10.0. The Hall–Kier alpha value is -2.74. The Balaban J connectivity index is 1.83. The molecule has 8 heteroatoms. The van der Waals surface area contributed by atoms with E-state index in [1.165, 1.54) is 6.26 Å². The number of nitrogens with one attached hydrogen (secondary N) is 3. The molecule has 2 rings (SSSR count). The number of carbonyl (C=O) groups excluding carboxylic acids is 1. The van der Waals surface area contributed by atoms with Crippen LogP contribution in [0.25, 0.3) is 0 Å². The van der Waals surface area contributed by atoms with Gasteiger partial charge in [-0.05, 0) is 45.0 Å². The number of aryl methyl sites for hydroxylation is 1. The van der Waals surface area contributed by atoms with Crippen LogP contribution in [0.2, 0.25) is 0 Å². The second kappa shape index (κ2) is 9.10. The Morgan fingerprint density at radius 2 is 2.00 bits per heavy atom. The van der Waals surface area contributed by atoms with Crippen LogP contribution in [0.5, 0.6) is 0 Å². The SMILES string of the molecule is CCNC(=NCC(C)(O)c1ccc(C)o1)NCCNC(=O)c1ccco1. The molecular formula is C18H26N4O4. The van der Waals surface area contributed by atoms with Gasteiger partial charge < -0.3 is 29.9 Å². The minimum atomic E-state index is -1.20. The first-order valence-corrected chi connectivity index (χ1v) is 8.55. The monoisotopic (exact) mass is 362 g/mol. The highest BCUT2D eigenvalue weighted by atomic mass is 16.4. The van der Waals surface area contributed by atoms with E-state index in [9.17, 15) is 9.90 Å². The van der Waals surface area contributed by atoms with Gasteiger partial charge in [-0.2, -0.15) is 0 Å². The molecule has 1 unspecified atom stereocenters. The maximum absolute atomic E-state index is 11.8. The van der Waals surface area contributed by atoms with Gasteiger partial charge in [0.2, 0.25) is 0 Å². The molecule has 0 spiro atoms. The summed E-state index contributed by atoms with van der Waals surface area (Å²) in [5.41, 5.74) is -1.20.